The number of carbonyl (C=O) groups is 1. The molecule has 0 atom stereocenters. The lowest BCUT2D eigenvalue weighted by Crippen LogP contribution is -2.26. The Morgan fingerprint density at radius 2 is 2.12 bits per heavy atom. The molecule has 1 amide bonds. The van der Waals surface area contributed by atoms with Gasteiger partial charge in [-0.25, -0.2) is 5.06 Å². The predicted octanol–water partition coefficient (Wildman–Crippen LogP) is 1.37. The van der Waals surface area contributed by atoms with E-state index in [4.69, 9.17) is 10.6 Å². The van der Waals surface area contributed by atoms with Crippen LogP contribution in [0, 0.1) is 0 Å². The van der Waals surface area contributed by atoms with Gasteiger partial charge in [0.05, 0.1) is 13.2 Å². The Labute approximate surface area is 94.9 Å². The van der Waals surface area contributed by atoms with Gasteiger partial charge in [-0.05, 0) is 30.5 Å². The molecule has 1 aliphatic heterocycles. The fourth-order valence-electron chi connectivity index (χ4n) is 1.70. The number of benzene rings is 1. The van der Waals surface area contributed by atoms with Crippen LogP contribution in [0.1, 0.15) is 18.4 Å². The van der Waals surface area contributed by atoms with E-state index in [0.717, 1.165) is 30.6 Å². The summed E-state index contributed by atoms with van der Waals surface area (Å²) in [5.74, 6) is 0.0642. The van der Waals surface area contributed by atoms with Gasteiger partial charge in [-0.15, -0.1) is 0 Å². The number of amides is 1. The van der Waals surface area contributed by atoms with E-state index in [9.17, 15) is 4.79 Å². The first-order valence-electron chi connectivity index (χ1n) is 5.53. The highest BCUT2D eigenvalue weighted by Gasteiger charge is 2.18. The molecular formula is C12H16N2O2. The lowest BCUT2D eigenvalue weighted by Gasteiger charge is -2.13. The molecule has 1 aliphatic rings. The Morgan fingerprint density at radius 3 is 2.75 bits per heavy atom. The first-order valence-corrected chi connectivity index (χ1v) is 5.53. The van der Waals surface area contributed by atoms with Crippen molar-refractivity contribution >= 4 is 11.6 Å². The zero-order valence-corrected chi connectivity index (χ0v) is 9.19. The Bertz CT molecular complexity index is 356. The highest BCUT2D eigenvalue weighted by atomic mass is 16.7. The summed E-state index contributed by atoms with van der Waals surface area (Å²) in [5.41, 5.74) is 7.46. The highest BCUT2D eigenvalue weighted by Crippen LogP contribution is 2.11. The van der Waals surface area contributed by atoms with Crippen LogP contribution in [0.4, 0.5) is 5.69 Å². The number of nitrogens with two attached hydrogens (primary N) is 1. The maximum absolute atomic E-state index is 11.7. The number of aryl methyl sites for hydroxylation is 1. The molecule has 4 heteroatoms. The van der Waals surface area contributed by atoms with Crippen LogP contribution in [0.5, 0.6) is 0 Å². The molecule has 2 N–H and O–H groups in total. The Kier molecular flexibility index (Phi) is 3.41. The summed E-state index contributed by atoms with van der Waals surface area (Å²) in [5, 5.41) is 1.47. The topological polar surface area (TPSA) is 55.6 Å². The average molecular weight is 220 g/mol. The van der Waals surface area contributed by atoms with Crippen molar-refractivity contribution < 1.29 is 9.63 Å². The van der Waals surface area contributed by atoms with Crippen LogP contribution in [0.15, 0.2) is 24.3 Å². The van der Waals surface area contributed by atoms with E-state index >= 15 is 0 Å². The molecule has 2 rings (SSSR count). The van der Waals surface area contributed by atoms with Crippen molar-refractivity contribution in [2.24, 2.45) is 0 Å². The number of hydroxylamine groups is 2. The maximum Gasteiger partial charge on any atom is 0.246 e. The molecule has 1 heterocycles. The van der Waals surface area contributed by atoms with E-state index in [1.807, 2.05) is 24.3 Å². The van der Waals surface area contributed by atoms with Crippen LogP contribution in [-0.2, 0) is 16.1 Å². The molecule has 0 spiro atoms. The van der Waals surface area contributed by atoms with Gasteiger partial charge in [0, 0.05) is 12.1 Å². The Morgan fingerprint density at radius 1 is 1.38 bits per heavy atom. The first kappa shape index (κ1) is 11.0. The quantitative estimate of drug-likeness (QED) is 0.783. The summed E-state index contributed by atoms with van der Waals surface area (Å²) in [6, 6.07) is 7.61. The van der Waals surface area contributed by atoms with Crippen molar-refractivity contribution in [2.45, 2.75) is 19.3 Å². The lowest BCUT2D eigenvalue weighted by atomic mass is 10.1. The van der Waals surface area contributed by atoms with Crippen LogP contribution < -0.4 is 5.73 Å². The molecule has 0 unspecified atom stereocenters. The number of rotatable bonds is 3. The second kappa shape index (κ2) is 4.99. The van der Waals surface area contributed by atoms with Crippen molar-refractivity contribution in [2.75, 3.05) is 18.9 Å². The van der Waals surface area contributed by atoms with Crippen molar-refractivity contribution in [1.29, 1.82) is 0 Å². The van der Waals surface area contributed by atoms with Gasteiger partial charge in [-0.1, -0.05) is 12.1 Å². The van der Waals surface area contributed by atoms with Crippen LogP contribution in [0.25, 0.3) is 0 Å². The molecule has 0 bridgehead atoms. The van der Waals surface area contributed by atoms with E-state index in [1.54, 1.807) is 0 Å². The zero-order chi connectivity index (χ0) is 11.4. The largest absolute Gasteiger partial charge is 0.399 e. The number of hydrogen-bond acceptors (Lipinski definition) is 3. The number of nitrogens with zero attached hydrogens (tertiary/aromatic N) is 1. The SMILES string of the molecule is Nc1ccc(CCC(=O)N2CCCO2)cc1. The third kappa shape index (κ3) is 2.73. The summed E-state index contributed by atoms with van der Waals surface area (Å²) in [6.45, 7) is 1.38. The van der Waals surface area contributed by atoms with Gasteiger partial charge in [0.2, 0.25) is 5.91 Å². The van der Waals surface area contributed by atoms with E-state index < -0.39 is 0 Å². The molecule has 16 heavy (non-hydrogen) atoms. The summed E-state index contributed by atoms with van der Waals surface area (Å²) < 4.78 is 0. The molecular weight excluding hydrogens is 204 g/mol. The average Bonchev–Trinajstić information content (AvgIpc) is 2.81. The molecule has 0 aromatic heterocycles. The van der Waals surface area contributed by atoms with Crippen molar-refractivity contribution in [3.05, 3.63) is 29.8 Å². The minimum Gasteiger partial charge on any atom is -0.399 e. The molecule has 1 saturated heterocycles. The van der Waals surface area contributed by atoms with E-state index in [-0.39, 0.29) is 5.91 Å². The summed E-state index contributed by atoms with van der Waals surface area (Å²) in [7, 11) is 0. The van der Waals surface area contributed by atoms with Gasteiger partial charge in [0.1, 0.15) is 0 Å². The molecule has 0 aliphatic carbocycles. The third-order valence-electron chi connectivity index (χ3n) is 2.64. The van der Waals surface area contributed by atoms with Gasteiger partial charge in [-0.2, -0.15) is 0 Å². The number of hydrogen-bond donors (Lipinski definition) is 1. The molecule has 0 radical (unpaired) electrons. The Hall–Kier alpha value is -1.55. The van der Waals surface area contributed by atoms with Gasteiger partial charge >= 0.3 is 0 Å². The normalized spacial score (nSPS) is 15.4. The Balaban J connectivity index is 1.82. The minimum atomic E-state index is 0.0642. The monoisotopic (exact) mass is 220 g/mol. The number of anilines is 1. The van der Waals surface area contributed by atoms with E-state index in [0.29, 0.717) is 13.0 Å². The highest BCUT2D eigenvalue weighted by molar-refractivity contribution is 5.75. The zero-order valence-electron chi connectivity index (χ0n) is 9.19. The van der Waals surface area contributed by atoms with Crippen molar-refractivity contribution in [3.63, 3.8) is 0 Å². The van der Waals surface area contributed by atoms with Crippen LogP contribution in [0.2, 0.25) is 0 Å². The molecule has 4 nitrogen and oxygen atoms in total. The van der Waals surface area contributed by atoms with Crippen LogP contribution in [-0.4, -0.2) is 24.1 Å². The fraction of sp³-hybridized carbons (Fsp3) is 0.417. The lowest BCUT2D eigenvalue weighted by molar-refractivity contribution is -0.168. The molecule has 1 aromatic rings. The first-order chi connectivity index (χ1) is 7.75. The summed E-state index contributed by atoms with van der Waals surface area (Å²) >= 11 is 0. The van der Waals surface area contributed by atoms with Gasteiger partial charge in [0.15, 0.2) is 0 Å². The van der Waals surface area contributed by atoms with Gasteiger partial charge < -0.3 is 5.73 Å². The van der Waals surface area contributed by atoms with Gasteiger partial charge in [0.25, 0.3) is 0 Å². The van der Waals surface area contributed by atoms with Crippen LogP contribution in [0.3, 0.4) is 0 Å². The fourth-order valence-corrected chi connectivity index (χ4v) is 1.70. The maximum atomic E-state index is 11.7. The standard InChI is InChI=1S/C12H16N2O2/c13-11-5-2-10(3-6-11)4-7-12(15)14-8-1-9-16-14/h2-3,5-6H,1,4,7-9,13H2. The van der Waals surface area contributed by atoms with Gasteiger partial charge in [-0.3, -0.25) is 9.63 Å². The van der Waals surface area contributed by atoms with Crippen molar-refractivity contribution in [3.8, 4) is 0 Å². The molecule has 1 aromatic carbocycles. The summed E-state index contributed by atoms with van der Waals surface area (Å²) in [4.78, 5) is 16.8. The molecule has 86 valence electrons. The molecule has 0 saturated carbocycles. The van der Waals surface area contributed by atoms with Crippen LogP contribution >= 0.6 is 0 Å². The predicted molar refractivity (Wildman–Crippen MR) is 61.5 cm³/mol. The summed E-state index contributed by atoms with van der Waals surface area (Å²) in [6.07, 6.45) is 2.16. The van der Waals surface area contributed by atoms with E-state index in [1.165, 1.54) is 5.06 Å². The second-order valence-electron chi connectivity index (χ2n) is 3.92. The third-order valence-corrected chi connectivity index (χ3v) is 2.64. The molecule has 1 fully saturated rings. The second-order valence-corrected chi connectivity index (χ2v) is 3.92. The smallest absolute Gasteiger partial charge is 0.246 e. The van der Waals surface area contributed by atoms with Crippen molar-refractivity contribution in [1.82, 2.24) is 5.06 Å². The number of carbonyl (C=O) groups excluding carboxylic acids is 1. The number of nitrogen functional groups attached to an aromatic ring is 1. The minimum absolute atomic E-state index is 0.0642. The van der Waals surface area contributed by atoms with E-state index in [2.05, 4.69) is 0 Å².